The molecule has 2 nitrogen and oxygen atoms in total. The van der Waals surface area contributed by atoms with Gasteiger partial charge in [0.1, 0.15) is 0 Å². The number of aliphatic carboxylic acids is 1. The number of carbonyl (C=O) groups is 1. The van der Waals surface area contributed by atoms with Crippen molar-refractivity contribution in [1.29, 1.82) is 0 Å². The minimum absolute atomic E-state index is 0.133. The smallest absolute Gasteiger partial charge is 0.303 e. The van der Waals surface area contributed by atoms with Gasteiger partial charge in [0.05, 0.1) is 0 Å². The van der Waals surface area contributed by atoms with Crippen molar-refractivity contribution in [2.24, 2.45) is 0 Å². The van der Waals surface area contributed by atoms with E-state index in [0.29, 0.717) is 11.4 Å². The van der Waals surface area contributed by atoms with Crippen molar-refractivity contribution < 1.29 is 9.90 Å². The van der Waals surface area contributed by atoms with E-state index < -0.39 is 5.97 Å². The van der Waals surface area contributed by atoms with Gasteiger partial charge in [-0.2, -0.15) is 0 Å². The SMILES string of the molecule is O=C(O)CCc1c[c]cc(Cl)c1. The third kappa shape index (κ3) is 2.93. The van der Waals surface area contributed by atoms with E-state index >= 15 is 0 Å². The number of rotatable bonds is 3. The molecule has 3 heteroatoms. The fourth-order valence-electron chi connectivity index (χ4n) is 0.884. The van der Waals surface area contributed by atoms with Crippen molar-refractivity contribution in [2.75, 3.05) is 0 Å². The lowest BCUT2D eigenvalue weighted by atomic mass is 10.1. The third-order valence-corrected chi connectivity index (χ3v) is 1.66. The van der Waals surface area contributed by atoms with Crippen molar-refractivity contribution in [1.82, 2.24) is 0 Å². The summed E-state index contributed by atoms with van der Waals surface area (Å²) in [6, 6.07) is 7.97. The van der Waals surface area contributed by atoms with Crippen LogP contribution >= 0.6 is 11.6 Å². The van der Waals surface area contributed by atoms with Gasteiger partial charge in [-0.1, -0.05) is 17.7 Å². The summed E-state index contributed by atoms with van der Waals surface area (Å²) in [6.07, 6.45) is 0.639. The zero-order chi connectivity index (χ0) is 8.97. The summed E-state index contributed by atoms with van der Waals surface area (Å²) in [5.74, 6) is -0.796. The Kier molecular flexibility index (Phi) is 3.11. The third-order valence-electron chi connectivity index (χ3n) is 1.44. The van der Waals surface area contributed by atoms with Crippen molar-refractivity contribution in [2.45, 2.75) is 12.8 Å². The fraction of sp³-hybridized carbons (Fsp3) is 0.222. The molecule has 1 radical (unpaired) electrons. The predicted molar refractivity (Wildman–Crippen MR) is 46.2 cm³/mol. The van der Waals surface area contributed by atoms with Crippen LogP contribution in [0.15, 0.2) is 18.2 Å². The van der Waals surface area contributed by atoms with Crippen LogP contribution in [0.5, 0.6) is 0 Å². The number of hydrogen-bond acceptors (Lipinski definition) is 1. The fourth-order valence-corrected chi connectivity index (χ4v) is 1.09. The zero-order valence-electron chi connectivity index (χ0n) is 6.38. The number of benzene rings is 1. The van der Waals surface area contributed by atoms with E-state index in [4.69, 9.17) is 16.7 Å². The summed E-state index contributed by atoms with van der Waals surface area (Å²) >= 11 is 5.68. The van der Waals surface area contributed by atoms with Crippen LogP contribution in [-0.2, 0) is 11.2 Å². The Morgan fingerprint density at radius 1 is 1.58 bits per heavy atom. The lowest BCUT2D eigenvalue weighted by Gasteiger charge is -1.97. The van der Waals surface area contributed by atoms with Crippen molar-refractivity contribution in [3.63, 3.8) is 0 Å². The molecule has 63 valence electrons. The quantitative estimate of drug-likeness (QED) is 0.780. The Labute approximate surface area is 75.8 Å². The van der Waals surface area contributed by atoms with Gasteiger partial charge >= 0.3 is 5.97 Å². The van der Waals surface area contributed by atoms with Crippen LogP contribution in [0.25, 0.3) is 0 Å². The minimum atomic E-state index is -0.796. The molecule has 12 heavy (non-hydrogen) atoms. The van der Waals surface area contributed by atoms with Crippen molar-refractivity contribution >= 4 is 17.6 Å². The molecule has 0 spiro atoms. The standard InChI is InChI=1S/C9H8ClO2/c10-8-3-1-2-7(6-8)4-5-9(11)12/h2-3,6H,4-5H2,(H,11,12). The molecule has 1 aromatic carbocycles. The van der Waals surface area contributed by atoms with Crippen LogP contribution < -0.4 is 0 Å². The first-order valence-corrected chi connectivity index (χ1v) is 3.93. The summed E-state index contributed by atoms with van der Waals surface area (Å²) in [7, 11) is 0. The van der Waals surface area contributed by atoms with Crippen LogP contribution in [0.4, 0.5) is 0 Å². The van der Waals surface area contributed by atoms with E-state index in [-0.39, 0.29) is 6.42 Å². The lowest BCUT2D eigenvalue weighted by molar-refractivity contribution is -0.136. The van der Waals surface area contributed by atoms with Crippen LogP contribution in [0.3, 0.4) is 0 Å². The molecular formula is C9H8ClO2. The largest absolute Gasteiger partial charge is 0.481 e. The van der Waals surface area contributed by atoms with Crippen molar-refractivity contribution in [3.05, 3.63) is 34.9 Å². The molecule has 0 saturated heterocycles. The Morgan fingerprint density at radius 3 is 2.92 bits per heavy atom. The second kappa shape index (κ2) is 4.12. The highest BCUT2D eigenvalue weighted by Crippen LogP contribution is 2.11. The molecule has 0 atom stereocenters. The minimum Gasteiger partial charge on any atom is -0.481 e. The summed E-state index contributed by atoms with van der Waals surface area (Å²) in [5, 5.41) is 9.00. The van der Waals surface area contributed by atoms with Crippen LogP contribution in [0, 0.1) is 6.07 Å². The van der Waals surface area contributed by atoms with Gasteiger partial charge in [-0.3, -0.25) is 4.79 Å². The first-order valence-electron chi connectivity index (χ1n) is 3.56. The molecule has 0 aliphatic carbocycles. The van der Waals surface area contributed by atoms with Crippen molar-refractivity contribution in [3.8, 4) is 0 Å². The first kappa shape index (κ1) is 9.07. The summed E-state index contributed by atoms with van der Waals surface area (Å²) < 4.78 is 0. The summed E-state index contributed by atoms with van der Waals surface area (Å²) in [4.78, 5) is 10.2. The van der Waals surface area contributed by atoms with Gasteiger partial charge < -0.3 is 5.11 Å². The highest BCUT2D eigenvalue weighted by atomic mass is 35.5. The van der Waals surface area contributed by atoms with Crippen LogP contribution in [0.2, 0.25) is 5.02 Å². The van der Waals surface area contributed by atoms with E-state index in [1.54, 1.807) is 18.2 Å². The Hall–Kier alpha value is -1.02. The zero-order valence-corrected chi connectivity index (χ0v) is 7.14. The van der Waals surface area contributed by atoms with Gasteiger partial charge in [-0.25, -0.2) is 0 Å². The molecule has 0 heterocycles. The Bertz CT molecular complexity index is 284. The number of hydrogen-bond donors (Lipinski definition) is 1. The lowest BCUT2D eigenvalue weighted by Crippen LogP contribution is -1.97. The average Bonchev–Trinajstić information content (AvgIpc) is 2.01. The molecule has 1 aromatic rings. The van der Waals surface area contributed by atoms with Gasteiger partial charge in [0.25, 0.3) is 0 Å². The number of carboxylic acid groups (broad SMARTS) is 1. The maximum Gasteiger partial charge on any atom is 0.303 e. The van der Waals surface area contributed by atoms with E-state index in [0.717, 1.165) is 5.56 Å². The van der Waals surface area contributed by atoms with Crippen LogP contribution in [0.1, 0.15) is 12.0 Å². The average molecular weight is 184 g/mol. The number of halogens is 1. The molecule has 1 N–H and O–H groups in total. The summed E-state index contributed by atoms with van der Waals surface area (Å²) in [5.41, 5.74) is 0.907. The maximum absolute atomic E-state index is 10.2. The molecule has 0 aliphatic rings. The maximum atomic E-state index is 10.2. The monoisotopic (exact) mass is 183 g/mol. The van der Waals surface area contributed by atoms with E-state index in [9.17, 15) is 4.79 Å². The first-order chi connectivity index (χ1) is 5.68. The molecule has 0 amide bonds. The van der Waals surface area contributed by atoms with Gasteiger partial charge in [-0.05, 0) is 30.2 Å². The van der Waals surface area contributed by atoms with E-state index in [1.807, 2.05) is 0 Å². The topological polar surface area (TPSA) is 37.3 Å². The highest BCUT2D eigenvalue weighted by Gasteiger charge is 1.98. The Balaban J connectivity index is 2.57. The van der Waals surface area contributed by atoms with E-state index in [1.165, 1.54) is 0 Å². The number of aryl methyl sites for hydroxylation is 1. The van der Waals surface area contributed by atoms with Gasteiger partial charge in [0.15, 0.2) is 0 Å². The predicted octanol–water partition coefficient (Wildman–Crippen LogP) is 2.16. The normalized spacial score (nSPS) is 9.75. The molecule has 0 unspecified atom stereocenters. The second-order valence-corrected chi connectivity index (χ2v) is 2.89. The van der Waals surface area contributed by atoms with Crippen LogP contribution in [-0.4, -0.2) is 11.1 Å². The van der Waals surface area contributed by atoms with Gasteiger partial charge in [0.2, 0.25) is 0 Å². The molecule has 1 rings (SSSR count). The molecular weight excluding hydrogens is 176 g/mol. The second-order valence-electron chi connectivity index (χ2n) is 2.45. The molecule has 0 saturated carbocycles. The highest BCUT2D eigenvalue weighted by molar-refractivity contribution is 6.30. The molecule has 0 aliphatic heterocycles. The molecule has 0 bridgehead atoms. The Morgan fingerprint density at radius 2 is 2.33 bits per heavy atom. The van der Waals surface area contributed by atoms with Gasteiger partial charge in [-0.15, -0.1) is 0 Å². The van der Waals surface area contributed by atoms with Gasteiger partial charge in [0, 0.05) is 11.4 Å². The summed E-state index contributed by atoms with van der Waals surface area (Å²) in [6.45, 7) is 0. The molecule has 0 aromatic heterocycles. The number of carboxylic acids is 1. The van der Waals surface area contributed by atoms with E-state index in [2.05, 4.69) is 6.07 Å². The molecule has 0 fully saturated rings.